The molecule has 0 unspecified atom stereocenters. The minimum absolute atomic E-state index is 0.0974. The summed E-state index contributed by atoms with van der Waals surface area (Å²) in [5, 5.41) is 8.41. The van der Waals surface area contributed by atoms with Crippen LogP contribution in [0, 0.1) is 0 Å². The maximum absolute atomic E-state index is 12.1. The van der Waals surface area contributed by atoms with Gasteiger partial charge in [0.2, 0.25) is 0 Å². The summed E-state index contributed by atoms with van der Waals surface area (Å²) in [6.45, 7) is 0. The fourth-order valence-electron chi connectivity index (χ4n) is 1.17. The van der Waals surface area contributed by atoms with Gasteiger partial charge in [-0.1, -0.05) is 6.07 Å². The Morgan fingerprint density at radius 1 is 1.33 bits per heavy atom. The van der Waals surface area contributed by atoms with Gasteiger partial charge in [0.1, 0.15) is 0 Å². The Kier molecular flexibility index (Phi) is 4.19. The van der Waals surface area contributed by atoms with Crippen LogP contribution in [-0.2, 0) is 4.79 Å². The van der Waals surface area contributed by atoms with E-state index in [4.69, 9.17) is 9.84 Å². The van der Waals surface area contributed by atoms with Gasteiger partial charge in [0.05, 0.1) is 7.11 Å². The number of carboxylic acids is 1. The number of methoxy groups -OCH3 is 1. The number of aliphatic carboxylic acids is 1. The second-order valence-corrected chi connectivity index (χ2v) is 3.13. The third-order valence-electron chi connectivity index (χ3n) is 1.83. The van der Waals surface area contributed by atoms with Crippen molar-refractivity contribution in [2.24, 2.45) is 0 Å². The molecule has 0 saturated carbocycles. The number of rotatable bonds is 4. The van der Waals surface area contributed by atoms with Gasteiger partial charge in [-0.3, -0.25) is 0 Å². The summed E-state index contributed by atoms with van der Waals surface area (Å²) >= 11 is 0. The molecule has 0 aromatic heterocycles. The minimum Gasteiger partial charge on any atom is -0.493 e. The van der Waals surface area contributed by atoms with Crippen LogP contribution in [0.25, 0.3) is 6.08 Å². The number of carbonyl (C=O) groups is 1. The highest BCUT2D eigenvalue weighted by atomic mass is 19.4. The molecule has 0 aliphatic carbocycles. The number of hydrogen-bond donors (Lipinski definition) is 1. The summed E-state index contributed by atoms with van der Waals surface area (Å²) in [4.78, 5) is 10.3. The van der Waals surface area contributed by atoms with E-state index in [0.717, 1.165) is 18.2 Å². The lowest BCUT2D eigenvalue weighted by Crippen LogP contribution is -2.17. The molecule has 0 radical (unpaired) electrons. The molecule has 0 bridgehead atoms. The molecule has 0 heterocycles. The van der Waals surface area contributed by atoms with Crippen molar-refractivity contribution in [3.05, 3.63) is 29.8 Å². The average molecular weight is 262 g/mol. The molecular formula is C11H9F3O4. The quantitative estimate of drug-likeness (QED) is 0.847. The van der Waals surface area contributed by atoms with Crippen LogP contribution in [0.3, 0.4) is 0 Å². The Labute approximate surface area is 100 Å². The van der Waals surface area contributed by atoms with Crippen molar-refractivity contribution in [1.82, 2.24) is 0 Å². The first-order valence-corrected chi connectivity index (χ1v) is 4.66. The largest absolute Gasteiger partial charge is 0.573 e. The average Bonchev–Trinajstić information content (AvgIpc) is 2.24. The van der Waals surface area contributed by atoms with Gasteiger partial charge in [0.25, 0.3) is 0 Å². The van der Waals surface area contributed by atoms with Crippen molar-refractivity contribution < 1.29 is 32.5 Å². The van der Waals surface area contributed by atoms with Crippen LogP contribution in [0.15, 0.2) is 24.3 Å². The van der Waals surface area contributed by atoms with E-state index in [2.05, 4.69) is 4.74 Å². The van der Waals surface area contributed by atoms with E-state index in [1.165, 1.54) is 19.2 Å². The Morgan fingerprint density at radius 3 is 2.50 bits per heavy atom. The summed E-state index contributed by atoms with van der Waals surface area (Å²) in [7, 11) is 1.20. The second-order valence-electron chi connectivity index (χ2n) is 3.13. The summed E-state index contributed by atoms with van der Waals surface area (Å²) in [5.41, 5.74) is 0.248. The van der Waals surface area contributed by atoms with Gasteiger partial charge in [-0.15, -0.1) is 13.2 Å². The number of carboxylic acid groups (broad SMARTS) is 1. The van der Waals surface area contributed by atoms with E-state index in [0.29, 0.717) is 0 Å². The minimum atomic E-state index is -4.84. The number of ether oxygens (including phenoxy) is 2. The number of halogens is 3. The molecule has 18 heavy (non-hydrogen) atoms. The SMILES string of the molecule is COc1ccc(/C=C/C(=O)O)cc1OC(F)(F)F. The zero-order valence-electron chi connectivity index (χ0n) is 9.19. The molecule has 0 saturated heterocycles. The Morgan fingerprint density at radius 2 is 2.00 bits per heavy atom. The molecule has 0 amide bonds. The van der Waals surface area contributed by atoms with E-state index in [1.54, 1.807) is 0 Å². The maximum atomic E-state index is 12.1. The zero-order valence-corrected chi connectivity index (χ0v) is 9.19. The highest BCUT2D eigenvalue weighted by molar-refractivity contribution is 5.85. The highest BCUT2D eigenvalue weighted by Crippen LogP contribution is 2.33. The number of hydrogen-bond acceptors (Lipinski definition) is 3. The van der Waals surface area contributed by atoms with Gasteiger partial charge in [-0.2, -0.15) is 0 Å². The van der Waals surface area contributed by atoms with Crippen LogP contribution < -0.4 is 9.47 Å². The zero-order chi connectivity index (χ0) is 13.8. The summed E-state index contributed by atoms with van der Waals surface area (Å²) < 4.78 is 44.8. The molecule has 1 rings (SSSR count). The lowest BCUT2D eigenvalue weighted by atomic mass is 10.2. The van der Waals surface area contributed by atoms with E-state index in [1.807, 2.05) is 0 Å². The normalized spacial score (nSPS) is 11.6. The fourth-order valence-corrected chi connectivity index (χ4v) is 1.17. The van der Waals surface area contributed by atoms with Gasteiger partial charge >= 0.3 is 12.3 Å². The molecule has 0 fully saturated rings. The van der Waals surface area contributed by atoms with E-state index < -0.39 is 18.1 Å². The Balaban J connectivity index is 3.05. The van der Waals surface area contributed by atoms with Crippen molar-refractivity contribution in [2.75, 3.05) is 7.11 Å². The van der Waals surface area contributed by atoms with Crippen LogP contribution in [-0.4, -0.2) is 24.5 Å². The Hall–Kier alpha value is -2.18. The molecule has 0 atom stereocenters. The topological polar surface area (TPSA) is 55.8 Å². The molecule has 0 aliphatic heterocycles. The van der Waals surface area contributed by atoms with Crippen molar-refractivity contribution in [1.29, 1.82) is 0 Å². The molecule has 0 spiro atoms. The Bertz CT molecular complexity index is 466. The number of alkyl halides is 3. The second kappa shape index (κ2) is 5.44. The molecule has 7 heteroatoms. The van der Waals surface area contributed by atoms with Gasteiger partial charge in [0, 0.05) is 6.08 Å². The fraction of sp³-hybridized carbons (Fsp3) is 0.182. The first-order valence-electron chi connectivity index (χ1n) is 4.66. The summed E-state index contributed by atoms with van der Waals surface area (Å²) in [6, 6.07) is 3.69. The lowest BCUT2D eigenvalue weighted by Gasteiger charge is -2.12. The third-order valence-corrected chi connectivity index (χ3v) is 1.83. The van der Waals surface area contributed by atoms with E-state index in [9.17, 15) is 18.0 Å². The standard InChI is InChI=1S/C11H9F3O4/c1-17-8-4-2-7(3-5-10(15)16)6-9(8)18-11(12,13)14/h2-6H,1H3,(H,15,16)/b5-3+. The molecule has 1 aromatic carbocycles. The van der Waals surface area contributed by atoms with Crippen LogP contribution in [0.5, 0.6) is 11.5 Å². The predicted molar refractivity (Wildman–Crippen MR) is 56.3 cm³/mol. The monoisotopic (exact) mass is 262 g/mol. The first-order chi connectivity index (χ1) is 8.31. The predicted octanol–water partition coefficient (Wildman–Crippen LogP) is 2.69. The van der Waals surface area contributed by atoms with E-state index in [-0.39, 0.29) is 11.3 Å². The molecule has 4 nitrogen and oxygen atoms in total. The van der Waals surface area contributed by atoms with Gasteiger partial charge in [-0.05, 0) is 23.8 Å². The first kappa shape index (κ1) is 13.9. The van der Waals surface area contributed by atoms with E-state index >= 15 is 0 Å². The molecule has 0 aliphatic rings. The lowest BCUT2D eigenvalue weighted by molar-refractivity contribution is -0.275. The van der Waals surface area contributed by atoms with Crippen LogP contribution in [0.1, 0.15) is 5.56 Å². The van der Waals surface area contributed by atoms with Crippen LogP contribution in [0.2, 0.25) is 0 Å². The van der Waals surface area contributed by atoms with Crippen molar-refractivity contribution in [2.45, 2.75) is 6.36 Å². The number of benzene rings is 1. The molecule has 1 N–H and O–H groups in total. The summed E-state index contributed by atoms with van der Waals surface area (Å²) in [6.07, 6.45) is -2.90. The van der Waals surface area contributed by atoms with Gasteiger partial charge < -0.3 is 14.6 Å². The highest BCUT2D eigenvalue weighted by Gasteiger charge is 2.32. The molecular weight excluding hydrogens is 253 g/mol. The molecule has 98 valence electrons. The molecule has 1 aromatic rings. The van der Waals surface area contributed by atoms with Crippen LogP contribution in [0.4, 0.5) is 13.2 Å². The maximum Gasteiger partial charge on any atom is 0.573 e. The van der Waals surface area contributed by atoms with Crippen LogP contribution >= 0.6 is 0 Å². The third kappa shape index (κ3) is 4.36. The summed E-state index contributed by atoms with van der Waals surface area (Å²) in [5.74, 6) is -1.83. The van der Waals surface area contributed by atoms with Gasteiger partial charge in [-0.25, -0.2) is 4.79 Å². The van der Waals surface area contributed by atoms with Crippen molar-refractivity contribution in [3.63, 3.8) is 0 Å². The van der Waals surface area contributed by atoms with Crippen molar-refractivity contribution >= 4 is 12.0 Å². The van der Waals surface area contributed by atoms with Crippen molar-refractivity contribution in [3.8, 4) is 11.5 Å². The van der Waals surface area contributed by atoms with Gasteiger partial charge in [0.15, 0.2) is 11.5 Å². The smallest absolute Gasteiger partial charge is 0.493 e.